The summed E-state index contributed by atoms with van der Waals surface area (Å²) >= 11 is 0. The normalized spacial score (nSPS) is 10.6. The highest BCUT2D eigenvalue weighted by Gasteiger charge is 2.11. The summed E-state index contributed by atoms with van der Waals surface area (Å²) in [6, 6.07) is 19.4. The van der Waals surface area contributed by atoms with E-state index in [0.717, 1.165) is 77.0 Å². The third-order valence-electron chi connectivity index (χ3n) is 8.89. The monoisotopic (exact) mass is 742 g/mol. The summed E-state index contributed by atoms with van der Waals surface area (Å²) in [4.78, 5) is 72.6. The van der Waals surface area contributed by atoms with Gasteiger partial charge in [-0.2, -0.15) is 0 Å². The first-order valence-electron chi connectivity index (χ1n) is 18.8. The zero-order chi connectivity index (χ0) is 39.0. The Hall–Kier alpha value is -5.52. The molecule has 0 aliphatic rings. The zero-order valence-electron chi connectivity index (χ0n) is 31.5. The second kappa shape index (κ2) is 24.7. The molecule has 0 unspecified atom stereocenters. The first-order chi connectivity index (χ1) is 26.2. The van der Waals surface area contributed by atoms with Crippen LogP contribution < -0.4 is 21.3 Å². The molecule has 0 heterocycles. The molecule has 0 bridgehead atoms. The molecule has 0 saturated heterocycles. The van der Waals surface area contributed by atoms with Gasteiger partial charge >= 0.3 is 11.9 Å². The molecule has 3 aromatic rings. The number of esters is 2. The van der Waals surface area contributed by atoms with Gasteiger partial charge in [-0.25, -0.2) is 9.59 Å². The Bertz CT molecular complexity index is 1520. The second-order valence-electron chi connectivity index (χ2n) is 13.0. The van der Waals surface area contributed by atoms with Crippen LogP contribution in [0.2, 0.25) is 0 Å². The quantitative estimate of drug-likeness (QED) is 0.0616. The number of carbonyl (C=O) groups excluding carboxylic acids is 6. The summed E-state index contributed by atoms with van der Waals surface area (Å²) in [6.07, 6.45) is 11.7. The largest absolute Gasteiger partial charge is 0.465 e. The van der Waals surface area contributed by atoms with Crippen LogP contribution in [0.1, 0.15) is 139 Å². The van der Waals surface area contributed by atoms with Gasteiger partial charge in [0.1, 0.15) is 0 Å². The molecule has 0 fully saturated rings. The van der Waals surface area contributed by atoms with Gasteiger partial charge in [0.15, 0.2) is 0 Å². The fraction of sp³-hybridized carbons (Fsp3) is 0.429. The number of hydrogen-bond acceptors (Lipinski definition) is 8. The number of ether oxygens (including phenoxy) is 2. The maximum Gasteiger partial charge on any atom is 0.337 e. The number of hydrogen-bond donors (Lipinski definition) is 4. The summed E-state index contributed by atoms with van der Waals surface area (Å²) in [7, 11) is 2.63. The smallest absolute Gasteiger partial charge is 0.337 e. The van der Waals surface area contributed by atoms with Crippen molar-refractivity contribution >= 4 is 35.6 Å². The van der Waals surface area contributed by atoms with E-state index >= 15 is 0 Å². The van der Waals surface area contributed by atoms with Crippen LogP contribution in [-0.4, -0.2) is 76.0 Å². The predicted octanol–water partition coefficient (Wildman–Crippen LogP) is 6.26. The second-order valence-corrected chi connectivity index (χ2v) is 13.0. The molecule has 4 amide bonds. The maximum absolute atomic E-state index is 12.5. The number of carbonyl (C=O) groups is 6. The van der Waals surface area contributed by atoms with Crippen LogP contribution in [0.5, 0.6) is 0 Å². The fourth-order valence-corrected chi connectivity index (χ4v) is 5.65. The first-order valence-corrected chi connectivity index (χ1v) is 18.8. The van der Waals surface area contributed by atoms with E-state index in [1.54, 1.807) is 72.8 Å². The van der Waals surface area contributed by atoms with E-state index in [-0.39, 0.29) is 23.6 Å². The molecule has 54 heavy (non-hydrogen) atoms. The van der Waals surface area contributed by atoms with Crippen LogP contribution in [0.25, 0.3) is 0 Å². The van der Waals surface area contributed by atoms with E-state index < -0.39 is 11.9 Å². The number of benzene rings is 3. The Morgan fingerprint density at radius 2 is 0.519 bits per heavy atom. The van der Waals surface area contributed by atoms with Crippen LogP contribution in [0.4, 0.5) is 0 Å². The van der Waals surface area contributed by atoms with Crippen LogP contribution in [0.15, 0.2) is 72.8 Å². The molecule has 290 valence electrons. The Morgan fingerprint density at radius 3 is 0.722 bits per heavy atom. The minimum atomic E-state index is -0.437. The predicted molar refractivity (Wildman–Crippen MR) is 207 cm³/mol. The van der Waals surface area contributed by atoms with E-state index in [4.69, 9.17) is 0 Å². The lowest BCUT2D eigenvalue weighted by atomic mass is 10.1. The Balaban J connectivity index is 1.13. The topological polar surface area (TPSA) is 169 Å². The Morgan fingerprint density at radius 1 is 0.333 bits per heavy atom. The van der Waals surface area contributed by atoms with Crippen LogP contribution >= 0.6 is 0 Å². The van der Waals surface area contributed by atoms with Gasteiger partial charge in [-0.1, -0.05) is 51.4 Å². The average molecular weight is 743 g/mol. The maximum atomic E-state index is 12.5. The van der Waals surface area contributed by atoms with E-state index in [2.05, 4.69) is 30.7 Å². The van der Waals surface area contributed by atoms with Crippen molar-refractivity contribution in [1.29, 1.82) is 0 Å². The highest BCUT2D eigenvalue weighted by Crippen LogP contribution is 2.10. The van der Waals surface area contributed by atoms with E-state index in [0.29, 0.717) is 59.6 Å². The third-order valence-corrected chi connectivity index (χ3v) is 8.89. The molecule has 12 nitrogen and oxygen atoms in total. The van der Waals surface area contributed by atoms with Gasteiger partial charge in [0.2, 0.25) is 0 Å². The van der Waals surface area contributed by atoms with Crippen LogP contribution in [-0.2, 0) is 9.47 Å². The molecule has 0 aliphatic carbocycles. The van der Waals surface area contributed by atoms with Crippen molar-refractivity contribution < 1.29 is 38.2 Å². The lowest BCUT2D eigenvalue weighted by molar-refractivity contribution is 0.0592. The fourth-order valence-electron chi connectivity index (χ4n) is 5.65. The summed E-state index contributed by atoms with van der Waals surface area (Å²) in [5.41, 5.74) is 2.84. The van der Waals surface area contributed by atoms with Gasteiger partial charge in [0.25, 0.3) is 23.6 Å². The van der Waals surface area contributed by atoms with E-state index in [1.807, 2.05) is 0 Å². The molecule has 0 aromatic heterocycles. The Labute approximate surface area is 318 Å². The van der Waals surface area contributed by atoms with Crippen LogP contribution in [0, 0.1) is 0 Å². The highest BCUT2D eigenvalue weighted by molar-refractivity contribution is 5.98. The van der Waals surface area contributed by atoms with Gasteiger partial charge in [0.05, 0.1) is 25.3 Å². The number of unbranched alkanes of at least 4 members (excludes halogenated alkanes) is 10. The van der Waals surface area contributed by atoms with Crippen molar-refractivity contribution in [2.45, 2.75) is 77.0 Å². The van der Waals surface area contributed by atoms with Crippen molar-refractivity contribution in [2.24, 2.45) is 0 Å². The van der Waals surface area contributed by atoms with Gasteiger partial charge in [-0.15, -0.1) is 0 Å². The first kappa shape index (κ1) is 42.9. The van der Waals surface area contributed by atoms with Gasteiger partial charge in [-0.05, 0) is 98.5 Å². The average Bonchev–Trinajstić information content (AvgIpc) is 3.21. The lowest BCUT2D eigenvalue weighted by Gasteiger charge is -2.08. The lowest BCUT2D eigenvalue weighted by Crippen LogP contribution is -2.26. The molecule has 0 radical (unpaired) electrons. The Kier molecular flexibility index (Phi) is 19.6. The van der Waals surface area contributed by atoms with Gasteiger partial charge in [0, 0.05) is 48.4 Å². The molecule has 3 rings (SSSR count). The van der Waals surface area contributed by atoms with E-state index in [1.165, 1.54) is 14.2 Å². The van der Waals surface area contributed by atoms with Gasteiger partial charge in [-0.3, -0.25) is 19.2 Å². The minimum Gasteiger partial charge on any atom is -0.465 e. The molecule has 0 aliphatic heterocycles. The summed E-state index contributed by atoms with van der Waals surface area (Å²) in [6.45, 7) is 2.33. The molecule has 0 spiro atoms. The molecule has 0 saturated carbocycles. The van der Waals surface area contributed by atoms with Crippen molar-refractivity contribution in [1.82, 2.24) is 21.3 Å². The zero-order valence-corrected chi connectivity index (χ0v) is 31.5. The van der Waals surface area contributed by atoms with E-state index in [9.17, 15) is 28.8 Å². The standard InChI is InChI=1S/C42H54N4O8/c1-53-41(51)35-23-19-33(20-24-35)39(49)45-29-13-9-5-3-7-11-27-43-37(47)31-15-17-32(18-16-31)38(48)44-28-12-8-4-6-10-14-30-46-40(50)34-21-25-36(26-22-34)42(52)54-2/h15-26H,3-14,27-30H2,1-2H3,(H,43,47)(H,44,48)(H,45,49)(H,46,50). The number of methoxy groups -OCH3 is 2. The molecular weight excluding hydrogens is 688 g/mol. The molecule has 12 heteroatoms. The van der Waals surface area contributed by atoms with Gasteiger partial charge < -0.3 is 30.7 Å². The van der Waals surface area contributed by atoms with Crippen molar-refractivity contribution in [3.05, 3.63) is 106 Å². The van der Waals surface area contributed by atoms with Crippen molar-refractivity contribution in [3.8, 4) is 0 Å². The molecule has 0 atom stereocenters. The van der Waals surface area contributed by atoms with Crippen molar-refractivity contribution in [2.75, 3.05) is 40.4 Å². The number of amides is 4. The summed E-state index contributed by atoms with van der Waals surface area (Å²) in [5.74, 6) is -1.53. The van der Waals surface area contributed by atoms with Crippen LogP contribution in [0.3, 0.4) is 0 Å². The van der Waals surface area contributed by atoms with Crippen molar-refractivity contribution in [3.63, 3.8) is 0 Å². The molecule has 4 N–H and O–H groups in total. The minimum absolute atomic E-state index is 0.160. The SMILES string of the molecule is COC(=O)c1ccc(C(=O)NCCCCCCCCNC(=O)c2ccc(C(=O)NCCCCCCCCNC(=O)c3ccc(C(=O)OC)cc3)cc2)cc1. The summed E-state index contributed by atoms with van der Waals surface area (Å²) < 4.78 is 9.33. The third kappa shape index (κ3) is 15.6. The molecule has 3 aromatic carbocycles. The highest BCUT2D eigenvalue weighted by atomic mass is 16.5. The number of nitrogens with one attached hydrogen (secondary N) is 4. The molecular formula is C42H54N4O8. The summed E-state index contributed by atoms with van der Waals surface area (Å²) in [5, 5.41) is 11.7. The number of rotatable bonds is 24.